The molecule has 1 spiro atoms. The molecule has 150 valence electrons. The second-order valence-electron chi connectivity index (χ2n) is 7.85. The lowest BCUT2D eigenvalue weighted by atomic mass is 9.76. The Hall–Kier alpha value is -2.19. The number of halogens is 2. The molecule has 7 nitrogen and oxygen atoms in total. The minimum atomic E-state index is -0.503. The Morgan fingerprint density at radius 3 is 2.79 bits per heavy atom. The van der Waals surface area contributed by atoms with Gasteiger partial charge in [0.15, 0.2) is 5.82 Å². The molecule has 0 radical (unpaired) electrons. The first-order valence-electron chi connectivity index (χ1n) is 9.37. The molecule has 1 atom stereocenters. The fourth-order valence-electron chi connectivity index (χ4n) is 4.33. The van der Waals surface area contributed by atoms with E-state index < -0.39 is 5.82 Å². The summed E-state index contributed by atoms with van der Waals surface area (Å²) in [4.78, 5) is 21.0. The topological polar surface area (TPSA) is 74.5 Å². The summed E-state index contributed by atoms with van der Waals surface area (Å²) in [6.45, 7) is 4.10. The lowest BCUT2D eigenvalue weighted by Crippen LogP contribution is -2.45. The first kappa shape index (κ1) is 19.1. The number of nitrogens with zero attached hydrogens (tertiary/aromatic N) is 4. The van der Waals surface area contributed by atoms with E-state index in [1.54, 1.807) is 11.8 Å². The van der Waals surface area contributed by atoms with Gasteiger partial charge >= 0.3 is 6.03 Å². The van der Waals surface area contributed by atoms with Gasteiger partial charge in [0.25, 0.3) is 0 Å². The number of benzene rings is 1. The van der Waals surface area contributed by atoms with Crippen LogP contribution in [0, 0.1) is 18.2 Å². The summed E-state index contributed by atoms with van der Waals surface area (Å²) in [5, 5.41) is 6.88. The van der Waals surface area contributed by atoms with Crippen molar-refractivity contribution in [3.8, 4) is 0 Å². The zero-order valence-electron chi connectivity index (χ0n) is 15.9. The predicted octanol–water partition coefficient (Wildman–Crippen LogP) is 3.86. The van der Waals surface area contributed by atoms with Gasteiger partial charge in [-0.1, -0.05) is 16.8 Å². The molecule has 28 heavy (non-hydrogen) atoms. The number of piperidine rings is 1. The molecule has 2 aromatic rings. The van der Waals surface area contributed by atoms with Crippen molar-refractivity contribution in [2.75, 3.05) is 32.0 Å². The Morgan fingerprint density at radius 2 is 2.14 bits per heavy atom. The van der Waals surface area contributed by atoms with Crippen molar-refractivity contribution in [2.45, 2.75) is 32.2 Å². The lowest BCUT2D eigenvalue weighted by Gasteiger charge is -2.39. The summed E-state index contributed by atoms with van der Waals surface area (Å²) in [5.41, 5.74) is 0.647. The number of aromatic nitrogens is 2. The van der Waals surface area contributed by atoms with Gasteiger partial charge in [0.2, 0.25) is 5.89 Å². The molecule has 1 unspecified atom stereocenters. The number of anilines is 1. The van der Waals surface area contributed by atoms with Crippen molar-refractivity contribution >= 4 is 23.3 Å². The van der Waals surface area contributed by atoms with Crippen LogP contribution in [0.5, 0.6) is 0 Å². The van der Waals surface area contributed by atoms with Crippen molar-refractivity contribution < 1.29 is 13.7 Å². The number of amides is 2. The number of urea groups is 1. The number of rotatable bonds is 2. The Balaban J connectivity index is 1.36. The third kappa shape index (κ3) is 3.71. The lowest BCUT2D eigenvalue weighted by molar-refractivity contribution is 0.128. The molecule has 0 saturated carbocycles. The van der Waals surface area contributed by atoms with Crippen molar-refractivity contribution in [1.82, 2.24) is 19.9 Å². The van der Waals surface area contributed by atoms with E-state index in [1.807, 2.05) is 0 Å². The molecule has 3 heterocycles. The van der Waals surface area contributed by atoms with Crippen LogP contribution in [0.25, 0.3) is 0 Å². The van der Waals surface area contributed by atoms with Crippen LogP contribution in [0.3, 0.4) is 0 Å². The minimum absolute atomic E-state index is 0.00728. The maximum atomic E-state index is 13.3. The van der Waals surface area contributed by atoms with Gasteiger partial charge in [-0.25, -0.2) is 9.18 Å². The zero-order chi connectivity index (χ0) is 19.9. The van der Waals surface area contributed by atoms with Crippen LogP contribution in [0.2, 0.25) is 5.02 Å². The number of likely N-dealkylation sites (tertiary alicyclic amines) is 2. The highest BCUT2D eigenvalue weighted by atomic mass is 35.5. The van der Waals surface area contributed by atoms with Crippen molar-refractivity contribution in [3.05, 3.63) is 40.8 Å². The van der Waals surface area contributed by atoms with Crippen molar-refractivity contribution in [1.29, 1.82) is 0 Å². The molecule has 0 aliphatic carbocycles. The monoisotopic (exact) mass is 407 g/mol. The van der Waals surface area contributed by atoms with Gasteiger partial charge in [-0.05, 0) is 49.9 Å². The van der Waals surface area contributed by atoms with Gasteiger partial charge in [0.05, 0.1) is 11.1 Å². The van der Waals surface area contributed by atoms with E-state index in [-0.39, 0.29) is 22.5 Å². The van der Waals surface area contributed by atoms with Crippen LogP contribution in [-0.2, 0) is 0 Å². The number of aryl methyl sites for hydroxylation is 1. The molecule has 2 saturated heterocycles. The number of nitrogens with one attached hydrogen (secondary N) is 1. The quantitative estimate of drug-likeness (QED) is 0.818. The summed E-state index contributed by atoms with van der Waals surface area (Å²) < 4.78 is 18.4. The molecular formula is C19H23ClFN5O2. The van der Waals surface area contributed by atoms with E-state index in [2.05, 4.69) is 27.4 Å². The molecule has 1 N–H and O–H groups in total. The Morgan fingerprint density at radius 1 is 1.39 bits per heavy atom. The van der Waals surface area contributed by atoms with Crippen LogP contribution in [0.15, 0.2) is 22.7 Å². The average Bonchev–Trinajstić information content (AvgIpc) is 3.22. The van der Waals surface area contributed by atoms with E-state index in [0.717, 1.165) is 31.6 Å². The summed E-state index contributed by atoms with van der Waals surface area (Å²) >= 11 is 5.78. The van der Waals surface area contributed by atoms with Gasteiger partial charge < -0.3 is 14.7 Å². The molecule has 2 amide bonds. The smallest absolute Gasteiger partial charge is 0.321 e. The molecular weight excluding hydrogens is 385 g/mol. The molecule has 2 aliphatic heterocycles. The highest BCUT2D eigenvalue weighted by Gasteiger charge is 2.46. The molecule has 1 aromatic heterocycles. The van der Waals surface area contributed by atoms with Crippen LogP contribution < -0.4 is 5.32 Å². The Labute approximate surface area is 167 Å². The number of carbonyl (C=O) groups is 1. The Kier molecular flexibility index (Phi) is 5.01. The van der Waals surface area contributed by atoms with E-state index in [9.17, 15) is 9.18 Å². The van der Waals surface area contributed by atoms with Crippen LogP contribution in [0.1, 0.15) is 37.0 Å². The van der Waals surface area contributed by atoms with Crippen LogP contribution >= 0.6 is 11.6 Å². The third-order valence-corrected chi connectivity index (χ3v) is 6.16. The summed E-state index contributed by atoms with van der Waals surface area (Å²) in [6.07, 6.45) is 2.80. The molecule has 0 bridgehead atoms. The third-order valence-electron chi connectivity index (χ3n) is 5.87. The summed E-state index contributed by atoms with van der Waals surface area (Å²) in [7, 11) is 2.09. The van der Waals surface area contributed by atoms with E-state index in [0.29, 0.717) is 24.7 Å². The van der Waals surface area contributed by atoms with Gasteiger partial charge in [0, 0.05) is 32.2 Å². The standard InChI is InChI=1S/C19H23ClFN5O2/c1-12-22-17(24-28-12)16-10-19(11-25(16)2)5-7-26(8-6-19)18(27)23-13-3-4-15(21)14(20)9-13/h3-4,9,16H,5-8,10-11H2,1-2H3,(H,23,27). The van der Waals surface area contributed by atoms with E-state index in [1.165, 1.54) is 18.2 Å². The molecule has 2 aliphatic rings. The minimum Gasteiger partial charge on any atom is -0.340 e. The first-order valence-corrected chi connectivity index (χ1v) is 9.74. The van der Waals surface area contributed by atoms with Crippen molar-refractivity contribution in [2.24, 2.45) is 5.41 Å². The van der Waals surface area contributed by atoms with Gasteiger partial charge in [0.1, 0.15) is 5.82 Å². The zero-order valence-corrected chi connectivity index (χ0v) is 16.7. The first-order chi connectivity index (χ1) is 13.3. The van der Waals surface area contributed by atoms with Gasteiger partial charge in [-0.15, -0.1) is 0 Å². The summed E-state index contributed by atoms with van der Waals surface area (Å²) in [6, 6.07) is 4.14. The van der Waals surface area contributed by atoms with Gasteiger partial charge in [-0.2, -0.15) is 4.98 Å². The fraction of sp³-hybridized carbons (Fsp3) is 0.526. The number of carbonyl (C=O) groups excluding carboxylic acids is 1. The molecule has 2 fully saturated rings. The Bertz CT molecular complexity index is 881. The molecule has 1 aromatic carbocycles. The number of hydrogen-bond donors (Lipinski definition) is 1. The number of hydrogen-bond acceptors (Lipinski definition) is 5. The fourth-order valence-corrected chi connectivity index (χ4v) is 4.51. The van der Waals surface area contributed by atoms with E-state index >= 15 is 0 Å². The summed E-state index contributed by atoms with van der Waals surface area (Å²) in [5.74, 6) is 0.818. The van der Waals surface area contributed by atoms with Crippen molar-refractivity contribution in [3.63, 3.8) is 0 Å². The second kappa shape index (κ2) is 7.33. The molecule has 9 heteroatoms. The van der Waals surface area contributed by atoms with Crippen LogP contribution in [0.4, 0.5) is 14.9 Å². The second-order valence-corrected chi connectivity index (χ2v) is 8.26. The average molecular weight is 408 g/mol. The van der Waals surface area contributed by atoms with Crippen LogP contribution in [-0.4, -0.2) is 52.7 Å². The normalized spacial score (nSPS) is 22.0. The van der Waals surface area contributed by atoms with E-state index in [4.69, 9.17) is 16.1 Å². The van der Waals surface area contributed by atoms with Gasteiger partial charge in [-0.3, -0.25) is 4.90 Å². The largest absolute Gasteiger partial charge is 0.340 e. The molecule has 4 rings (SSSR count). The maximum Gasteiger partial charge on any atom is 0.321 e. The highest BCUT2D eigenvalue weighted by Crippen LogP contribution is 2.47. The highest BCUT2D eigenvalue weighted by molar-refractivity contribution is 6.31. The predicted molar refractivity (Wildman–Crippen MR) is 103 cm³/mol. The SMILES string of the molecule is Cc1nc(C2CC3(CCN(C(=O)Nc4ccc(F)c(Cl)c4)CC3)CN2C)no1. The maximum absolute atomic E-state index is 13.3.